The first-order valence-corrected chi connectivity index (χ1v) is 13.4. The lowest BCUT2D eigenvalue weighted by molar-refractivity contribution is 0.807. The molecule has 0 saturated carbocycles. The van der Waals surface area contributed by atoms with Crippen LogP contribution in [0.5, 0.6) is 0 Å². The second-order valence-corrected chi connectivity index (χ2v) is 9.60. The van der Waals surface area contributed by atoms with Gasteiger partial charge in [-0.15, -0.1) is 0 Å². The molecule has 0 spiro atoms. The Labute approximate surface area is 229 Å². The molecule has 0 fully saturated rings. The highest BCUT2D eigenvalue weighted by Gasteiger charge is 2.28. The van der Waals surface area contributed by atoms with E-state index >= 15 is 0 Å². The van der Waals surface area contributed by atoms with Crippen LogP contribution in [0, 0.1) is 13.8 Å². The predicted octanol–water partition coefficient (Wildman–Crippen LogP) is 8.06. The Hall–Kier alpha value is -4.18. The molecule has 196 valence electrons. The largest absolute Gasteiger partial charge is 0.328 e. The number of rotatable bonds is 10. The summed E-state index contributed by atoms with van der Waals surface area (Å²) in [5.74, 6) is 2.22. The fraction of sp³-hybridized carbons (Fsp3) is 0.235. The average Bonchev–Trinajstić information content (AvgIpc) is 2.96. The van der Waals surface area contributed by atoms with E-state index in [0.29, 0.717) is 0 Å². The van der Waals surface area contributed by atoms with Crippen LogP contribution in [0.2, 0.25) is 0 Å². The van der Waals surface area contributed by atoms with Gasteiger partial charge in [0.15, 0.2) is 11.6 Å². The maximum Gasteiger partial charge on any atom is 0.155 e. The number of hydrogen-bond donors (Lipinski definition) is 0. The summed E-state index contributed by atoms with van der Waals surface area (Å²) in [6.45, 7) is 10.3. The van der Waals surface area contributed by atoms with E-state index in [2.05, 4.69) is 171 Å². The molecule has 0 atom stereocenters. The molecule has 4 rings (SSSR count). The third-order valence-corrected chi connectivity index (χ3v) is 6.96. The first kappa shape index (κ1) is 26.9. The maximum atomic E-state index is 2.41. The van der Waals surface area contributed by atoms with Crippen LogP contribution >= 0.6 is 0 Å². The molecule has 4 nitrogen and oxygen atoms in total. The number of nitrogens with zero attached hydrogens (tertiary/aromatic N) is 4. The van der Waals surface area contributed by atoms with Crippen molar-refractivity contribution >= 4 is 22.7 Å². The Morgan fingerprint density at radius 3 is 1.05 bits per heavy atom. The van der Waals surface area contributed by atoms with Crippen molar-refractivity contribution in [3.63, 3.8) is 0 Å². The number of hydrogen-bond acceptors (Lipinski definition) is 4. The second kappa shape index (κ2) is 12.4. The predicted molar refractivity (Wildman–Crippen MR) is 165 cm³/mol. The molecule has 38 heavy (non-hydrogen) atoms. The van der Waals surface area contributed by atoms with Gasteiger partial charge in [0.1, 0.15) is 0 Å². The summed E-state index contributed by atoms with van der Waals surface area (Å²) in [4.78, 5) is 9.46. The van der Waals surface area contributed by atoms with Crippen molar-refractivity contribution in [2.24, 2.45) is 0 Å². The summed E-state index contributed by atoms with van der Waals surface area (Å²) < 4.78 is 0. The van der Waals surface area contributed by atoms with Crippen molar-refractivity contribution in [2.75, 3.05) is 46.8 Å². The Morgan fingerprint density at radius 2 is 0.763 bits per heavy atom. The summed E-state index contributed by atoms with van der Waals surface area (Å²) in [6.07, 6.45) is 0. The Bertz CT molecular complexity index is 1210. The fourth-order valence-electron chi connectivity index (χ4n) is 4.81. The quantitative estimate of drug-likeness (QED) is 0.216. The van der Waals surface area contributed by atoms with Crippen LogP contribution in [0.4, 0.5) is 22.7 Å². The summed E-state index contributed by atoms with van der Waals surface area (Å²) in [7, 11) is 4.34. The lowest BCUT2D eigenvalue weighted by Gasteiger charge is -2.41. The standard InChI is InChI=1S/C34H40N4/c1-7-37(31-23-19-27(3)20-24-31)33(35(5)29-15-11-9-12-16-29)34(36(6)30-17-13-10-14-18-30)38(8-2)32-25-21-28(4)22-26-32/h9-26H,7-8H2,1-6H3/b34-33-. The van der Waals surface area contributed by atoms with Crippen LogP contribution in [0.1, 0.15) is 25.0 Å². The molecular weight excluding hydrogens is 464 g/mol. The molecule has 0 aliphatic heterocycles. The van der Waals surface area contributed by atoms with Crippen molar-refractivity contribution in [3.8, 4) is 0 Å². The summed E-state index contributed by atoms with van der Waals surface area (Å²) >= 11 is 0. The molecular formula is C34H40N4. The van der Waals surface area contributed by atoms with Crippen LogP contribution in [0.15, 0.2) is 121 Å². The van der Waals surface area contributed by atoms with Gasteiger partial charge in [-0.05, 0) is 76.2 Å². The molecule has 0 aliphatic carbocycles. The van der Waals surface area contributed by atoms with Gasteiger partial charge in [-0.3, -0.25) is 0 Å². The molecule has 0 bridgehead atoms. The number of anilines is 4. The topological polar surface area (TPSA) is 13.0 Å². The van der Waals surface area contributed by atoms with Gasteiger partial charge in [-0.25, -0.2) is 0 Å². The second-order valence-electron chi connectivity index (χ2n) is 9.60. The molecule has 0 radical (unpaired) electrons. The Balaban J connectivity index is 2.04. The number of benzene rings is 4. The van der Waals surface area contributed by atoms with Gasteiger partial charge in [0.2, 0.25) is 0 Å². The monoisotopic (exact) mass is 504 g/mol. The zero-order chi connectivity index (χ0) is 27.1. The zero-order valence-electron chi connectivity index (χ0n) is 23.6. The normalized spacial score (nSPS) is 11.5. The van der Waals surface area contributed by atoms with Gasteiger partial charge in [-0.1, -0.05) is 71.8 Å². The smallest absolute Gasteiger partial charge is 0.155 e. The van der Waals surface area contributed by atoms with Crippen LogP contribution in [0.3, 0.4) is 0 Å². The Kier molecular flexibility index (Phi) is 8.75. The molecule has 4 aromatic rings. The van der Waals surface area contributed by atoms with Crippen molar-refractivity contribution in [1.29, 1.82) is 0 Å². The average molecular weight is 505 g/mol. The van der Waals surface area contributed by atoms with Gasteiger partial charge in [-0.2, -0.15) is 0 Å². The molecule has 0 aliphatic rings. The van der Waals surface area contributed by atoms with Gasteiger partial charge < -0.3 is 19.6 Å². The highest BCUT2D eigenvalue weighted by molar-refractivity contribution is 5.69. The van der Waals surface area contributed by atoms with Crippen LogP contribution in [-0.4, -0.2) is 27.2 Å². The third-order valence-electron chi connectivity index (χ3n) is 6.96. The van der Waals surface area contributed by atoms with E-state index in [0.717, 1.165) is 47.5 Å². The van der Waals surface area contributed by atoms with Gasteiger partial charge in [0.25, 0.3) is 0 Å². The molecule has 0 heterocycles. The van der Waals surface area contributed by atoms with E-state index in [1.807, 2.05) is 0 Å². The van der Waals surface area contributed by atoms with Gasteiger partial charge >= 0.3 is 0 Å². The first-order valence-electron chi connectivity index (χ1n) is 13.4. The molecule has 0 saturated heterocycles. The minimum atomic E-state index is 0.813. The van der Waals surface area contributed by atoms with E-state index < -0.39 is 0 Å². The molecule has 0 amide bonds. The van der Waals surface area contributed by atoms with E-state index in [4.69, 9.17) is 0 Å². The molecule has 0 N–H and O–H groups in total. The number of para-hydroxylation sites is 2. The minimum Gasteiger partial charge on any atom is -0.328 e. The highest BCUT2D eigenvalue weighted by atomic mass is 15.4. The number of aryl methyl sites for hydroxylation is 2. The van der Waals surface area contributed by atoms with Crippen LogP contribution in [-0.2, 0) is 0 Å². The van der Waals surface area contributed by atoms with Crippen molar-refractivity contribution in [3.05, 3.63) is 132 Å². The van der Waals surface area contributed by atoms with E-state index in [9.17, 15) is 0 Å². The van der Waals surface area contributed by atoms with E-state index in [1.54, 1.807) is 0 Å². The maximum absolute atomic E-state index is 2.41. The molecule has 0 unspecified atom stereocenters. The lowest BCUT2D eigenvalue weighted by atomic mass is 10.2. The van der Waals surface area contributed by atoms with E-state index in [1.165, 1.54) is 11.1 Å². The lowest BCUT2D eigenvalue weighted by Crippen LogP contribution is -2.44. The van der Waals surface area contributed by atoms with Crippen LogP contribution < -0.4 is 19.6 Å². The first-order chi connectivity index (χ1) is 18.4. The van der Waals surface area contributed by atoms with Crippen molar-refractivity contribution in [1.82, 2.24) is 0 Å². The molecule has 0 aromatic heterocycles. The van der Waals surface area contributed by atoms with Crippen molar-refractivity contribution in [2.45, 2.75) is 27.7 Å². The fourth-order valence-corrected chi connectivity index (χ4v) is 4.81. The highest BCUT2D eigenvalue weighted by Crippen LogP contribution is 2.34. The van der Waals surface area contributed by atoms with Gasteiger partial charge in [0.05, 0.1) is 0 Å². The summed E-state index contributed by atoms with van der Waals surface area (Å²) in [5, 5.41) is 0. The Morgan fingerprint density at radius 1 is 0.447 bits per heavy atom. The van der Waals surface area contributed by atoms with E-state index in [-0.39, 0.29) is 0 Å². The van der Waals surface area contributed by atoms with Crippen molar-refractivity contribution < 1.29 is 0 Å². The van der Waals surface area contributed by atoms with Crippen LogP contribution in [0.25, 0.3) is 0 Å². The summed E-state index contributed by atoms with van der Waals surface area (Å²) in [6, 6.07) is 38.9. The molecule has 4 aromatic carbocycles. The van der Waals surface area contributed by atoms with Gasteiger partial charge in [0, 0.05) is 49.9 Å². The zero-order valence-corrected chi connectivity index (χ0v) is 23.6. The molecule has 4 heteroatoms. The summed E-state index contributed by atoms with van der Waals surface area (Å²) in [5.41, 5.74) is 7.09. The minimum absolute atomic E-state index is 0.813. The third kappa shape index (κ3) is 5.86. The SMILES string of the molecule is CCN(/C(=C(/N(C)c1ccccc1)N(CC)c1ccc(C)cc1)N(C)c1ccccc1)c1ccc(C)cc1.